The molecule has 4 heteroatoms. The third-order valence-electron chi connectivity index (χ3n) is 2.09. The van der Waals surface area contributed by atoms with Crippen molar-refractivity contribution in [1.29, 1.82) is 0 Å². The summed E-state index contributed by atoms with van der Waals surface area (Å²) >= 11 is 0. The van der Waals surface area contributed by atoms with Gasteiger partial charge in [0.15, 0.2) is 0 Å². The Hall–Kier alpha value is -1.06. The molecule has 1 N–H and O–H groups in total. The second-order valence-electron chi connectivity index (χ2n) is 3.47. The van der Waals surface area contributed by atoms with Crippen LogP contribution in [-0.4, -0.2) is 22.6 Å². The lowest BCUT2D eigenvalue weighted by Gasteiger charge is -2.24. The molecule has 0 spiro atoms. The minimum atomic E-state index is -1.36. The summed E-state index contributed by atoms with van der Waals surface area (Å²) in [4.78, 5) is 21.9. The molecule has 0 aliphatic heterocycles. The molecule has 0 aromatic rings. The van der Waals surface area contributed by atoms with Crippen LogP contribution >= 0.6 is 0 Å². The van der Waals surface area contributed by atoms with Crippen LogP contribution in [0, 0.1) is 0 Å². The van der Waals surface area contributed by atoms with Gasteiger partial charge in [-0.3, -0.25) is 4.79 Å². The summed E-state index contributed by atoms with van der Waals surface area (Å²) in [6.07, 6.45) is 2.19. The Morgan fingerprint density at radius 2 is 1.93 bits per heavy atom. The fraction of sp³-hybridized carbons (Fsp3) is 0.800. The predicted octanol–water partition coefficient (Wildman–Crippen LogP) is 1.97. The van der Waals surface area contributed by atoms with Crippen molar-refractivity contribution in [2.45, 2.75) is 52.1 Å². The maximum Gasteiger partial charge on any atom is 0.347 e. The van der Waals surface area contributed by atoms with E-state index in [1.165, 1.54) is 6.92 Å². The first-order chi connectivity index (χ1) is 6.46. The number of carboxylic acids is 1. The van der Waals surface area contributed by atoms with Crippen molar-refractivity contribution >= 4 is 11.9 Å². The molecule has 4 nitrogen and oxygen atoms in total. The molecule has 0 radical (unpaired) electrons. The maximum atomic E-state index is 11.0. The standard InChI is InChI=1S/C10H18O4/c1-4-6-7-10(3,9(12)13)14-8(11)5-2/h4-7H2,1-3H3,(H,12,13). The van der Waals surface area contributed by atoms with Gasteiger partial charge in [-0.05, 0) is 19.8 Å². The maximum absolute atomic E-state index is 11.0. The van der Waals surface area contributed by atoms with E-state index in [9.17, 15) is 9.59 Å². The third kappa shape index (κ3) is 3.77. The molecule has 82 valence electrons. The van der Waals surface area contributed by atoms with Crippen LogP contribution in [0.15, 0.2) is 0 Å². The molecule has 0 aliphatic rings. The first-order valence-corrected chi connectivity index (χ1v) is 4.91. The van der Waals surface area contributed by atoms with E-state index in [4.69, 9.17) is 9.84 Å². The molecule has 0 heterocycles. The van der Waals surface area contributed by atoms with Gasteiger partial charge in [-0.15, -0.1) is 0 Å². The Balaban J connectivity index is 4.39. The van der Waals surface area contributed by atoms with Crippen molar-refractivity contribution in [3.63, 3.8) is 0 Å². The Kier molecular flexibility index (Phi) is 5.20. The molecule has 1 atom stereocenters. The smallest absolute Gasteiger partial charge is 0.347 e. The van der Waals surface area contributed by atoms with Crippen molar-refractivity contribution in [2.75, 3.05) is 0 Å². The second-order valence-corrected chi connectivity index (χ2v) is 3.47. The molecule has 0 saturated heterocycles. The van der Waals surface area contributed by atoms with Gasteiger partial charge in [0.05, 0.1) is 0 Å². The molecular weight excluding hydrogens is 184 g/mol. The molecule has 0 saturated carbocycles. The van der Waals surface area contributed by atoms with Gasteiger partial charge in [0.25, 0.3) is 0 Å². The summed E-state index contributed by atoms with van der Waals surface area (Å²) in [5.41, 5.74) is -1.36. The number of carboxylic acid groups (broad SMARTS) is 1. The molecule has 0 fully saturated rings. The predicted molar refractivity (Wildman–Crippen MR) is 51.9 cm³/mol. The average molecular weight is 202 g/mol. The molecule has 0 aromatic heterocycles. The molecule has 0 aromatic carbocycles. The van der Waals surface area contributed by atoms with E-state index in [-0.39, 0.29) is 6.42 Å². The van der Waals surface area contributed by atoms with Crippen molar-refractivity contribution in [3.8, 4) is 0 Å². The van der Waals surface area contributed by atoms with Crippen LogP contribution in [0.1, 0.15) is 46.5 Å². The lowest BCUT2D eigenvalue weighted by molar-refractivity contribution is -0.177. The van der Waals surface area contributed by atoms with Crippen LogP contribution in [0.4, 0.5) is 0 Å². The number of esters is 1. The zero-order valence-corrected chi connectivity index (χ0v) is 9.00. The van der Waals surface area contributed by atoms with Crippen LogP contribution < -0.4 is 0 Å². The summed E-state index contributed by atoms with van der Waals surface area (Å²) in [6, 6.07) is 0. The zero-order chi connectivity index (χ0) is 11.2. The average Bonchev–Trinajstić information content (AvgIpc) is 2.14. The van der Waals surface area contributed by atoms with Crippen molar-refractivity contribution in [3.05, 3.63) is 0 Å². The van der Waals surface area contributed by atoms with Crippen LogP contribution in [0.2, 0.25) is 0 Å². The van der Waals surface area contributed by atoms with Gasteiger partial charge in [-0.1, -0.05) is 20.3 Å². The van der Waals surface area contributed by atoms with Gasteiger partial charge in [0.1, 0.15) is 0 Å². The van der Waals surface area contributed by atoms with Crippen LogP contribution in [-0.2, 0) is 14.3 Å². The highest BCUT2D eigenvalue weighted by Crippen LogP contribution is 2.19. The van der Waals surface area contributed by atoms with Gasteiger partial charge in [-0.25, -0.2) is 4.79 Å². The highest BCUT2D eigenvalue weighted by molar-refractivity contribution is 5.81. The number of aliphatic carboxylic acids is 1. The SMILES string of the molecule is CCCCC(C)(OC(=O)CC)C(=O)O. The van der Waals surface area contributed by atoms with E-state index < -0.39 is 17.5 Å². The van der Waals surface area contributed by atoms with Gasteiger partial charge in [0.2, 0.25) is 5.60 Å². The van der Waals surface area contributed by atoms with E-state index in [2.05, 4.69) is 0 Å². The van der Waals surface area contributed by atoms with Crippen LogP contribution in [0.5, 0.6) is 0 Å². The Bertz CT molecular complexity index is 212. The number of ether oxygens (including phenoxy) is 1. The normalized spacial score (nSPS) is 14.5. The summed E-state index contributed by atoms with van der Waals surface area (Å²) in [5.74, 6) is -1.54. The summed E-state index contributed by atoms with van der Waals surface area (Å²) in [7, 11) is 0. The van der Waals surface area contributed by atoms with Crippen molar-refractivity contribution in [2.24, 2.45) is 0 Å². The van der Waals surface area contributed by atoms with Crippen molar-refractivity contribution < 1.29 is 19.4 Å². The fourth-order valence-electron chi connectivity index (χ4n) is 1.04. The van der Waals surface area contributed by atoms with Gasteiger partial charge >= 0.3 is 11.9 Å². The number of hydrogen-bond donors (Lipinski definition) is 1. The Morgan fingerprint density at radius 1 is 1.36 bits per heavy atom. The number of hydrogen-bond acceptors (Lipinski definition) is 3. The lowest BCUT2D eigenvalue weighted by Crippen LogP contribution is -2.40. The van der Waals surface area contributed by atoms with Crippen LogP contribution in [0.25, 0.3) is 0 Å². The van der Waals surface area contributed by atoms with Crippen molar-refractivity contribution in [1.82, 2.24) is 0 Å². The minimum Gasteiger partial charge on any atom is -0.478 e. The van der Waals surface area contributed by atoms with Gasteiger partial charge < -0.3 is 9.84 Å². The third-order valence-corrected chi connectivity index (χ3v) is 2.09. The number of carbonyl (C=O) groups is 2. The summed E-state index contributed by atoms with van der Waals surface area (Å²) in [5, 5.41) is 8.93. The Morgan fingerprint density at radius 3 is 2.29 bits per heavy atom. The van der Waals surface area contributed by atoms with Gasteiger partial charge in [-0.2, -0.15) is 0 Å². The van der Waals surface area contributed by atoms with Gasteiger partial charge in [0, 0.05) is 6.42 Å². The summed E-state index contributed by atoms with van der Waals surface area (Å²) in [6.45, 7) is 5.05. The Labute approximate surface area is 84.3 Å². The van der Waals surface area contributed by atoms with E-state index >= 15 is 0 Å². The highest BCUT2D eigenvalue weighted by atomic mass is 16.6. The van der Waals surface area contributed by atoms with E-state index in [0.717, 1.165) is 12.8 Å². The number of carbonyl (C=O) groups excluding carboxylic acids is 1. The quantitative estimate of drug-likeness (QED) is 0.669. The van der Waals surface area contributed by atoms with E-state index in [1.54, 1.807) is 6.92 Å². The molecule has 0 rings (SSSR count). The first-order valence-electron chi connectivity index (χ1n) is 4.91. The van der Waals surface area contributed by atoms with E-state index in [0.29, 0.717) is 6.42 Å². The first kappa shape index (κ1) is 12.9. The molecular formula is C10H18O4. The highest BCUT2D eigenvalue weighted by Gasteiger charge is 2.36. The molecule has 14 heavy (non-hydrogen) atoms. The van der Waals surface area contributed by atoms with E-state index in [1.807, 2.05) is 6.92 Å². The largest absolute Gasteiger partial charge is 0.478 e. The zero-order valence-electron chi connectivity index (χ0n) is 9.00. The molecule has 0 bridgehead atoms. The van der Waals surface area contributed by atoms with Crippen LogP contribution in [0.3, 0.4) is 0 Å². The monoisotopic (exact) mass is 202 g/mol. The molecule has 1 unspecified atom stereocenters. The lowest BCUT2D eigenvalue weighted by atomic mass is 9.99. The second kappa shape index (κ2) is 5.62. The molecule has 0 amide bonds. The molecule has 0 aliphatic carbocycles. The topological polar surface area (TPSA) is 63.6 Å². The fourth-order valence-corrected chi connectivity index (χ4v) is 1.04. The number of unbranched alkanes of at least 4 members (excludes halogenated alkanes) is 1. The summed E-state index contributed by atoms with van der Waals surface area (Å²) < 4.78 is 4.91. The number of rotatable bonds is 6. The minimum absolute atomic E-state index is 0.203.